The van der Waals surface area contributed by atoms with Crippen LogP contribution >= 0.6 is 0 Å². The molecule has 2 rings (SSSR count). The molecule has 1 atom stereocenters. The summed E-state index contributed by atoms with van der Waals surface area (Å²) in [7, 11) is 2.11. The van der Waals surface area contributed by atoms with Gasteiger partial charge in [-0.05, 0) is 13.1 Å². The SMILES string of the molecule is CN1CCOC(CNc2ccnc(N)c2)C1. The summed E-state index contributed by atoms with van der Waals surface area (Å²) in [6.07, 6.45) is 1.94. The van der Waals surface area contributed by atoms with Gasteiger partial charge in [-0.25, -0.2) is 4.98 Å². The zero-order chi connectivity index (χ0) is 11.4. The molecule has 88 valence electrons. The Balaban J connectivity index is 1.82. The highest BCUT2D eigenvalue weighted by Crippen LogP contribution is 2.10. The first-order chi connectivity index (χ1) is 7.74. The number of ether oxygens (including phenoxy) is 1. The van der Waals surface area contributed by atoms with Crippen molar-refractivity contribution in [3.8, 4) is 0 Å². The van der Waals surface area contributed by atoms with Gasteiger partial charge in [-0.3, -0.25) is 0 Å². The molecular formula is C11H18N4O. The molecule has 1 fully saturated rings. The van der Waals surface area contributed by atoms with Gasteiger partial charge in [0.1, 0.15) is 5.82 Å². The topological polar surface area (TPSA) is 63.4 Å². The molecule has 0 radical (unpaired) electrons. The number of nitrogens with one attached hydrogen (secondary N) is 1. The molecule has 3 N–H and O–H groups in total. The predicted molar refractivity (Wildman–Crippen MR) is 64.4 cm³/mol. The molecule has 2 heterocycles. The van der Waals surface area contributed by atoms with Crippen LogP contribution in [0, 0.1) is 0 Å². The normalized spacial score (nSPS) is 21.9. The lowest BCUT2D eigenvalue weighted by atomic mass is 10.2. The molecule has 0 saturated carbocycles. The van der Waals surface area contributed by atoms with Crippen LogP contribution in [-0.4, -0.2) is 49.3 Å². The fourth-order valence-corrected chi connectivity index (χ4v) is 1.78. The zero-order valence-electron chi connectivity index (χ0n) is 9.52. The number of nitrogens with two attached hydrogens (primary N) is 1. The standard InChI is InChI=1S/C11H18N4O/c1-15-4-5-16-10(8-15)7-14-9-2-3-13-11(12)6-9/h2-3,6,10H,4-5,7-8H2,1H3,(H3,12,13,14). The molecule has 1 aromatic heterocycles. The third-order valence-corrected chi connectivity index (χ3v) is 2.66. The molecule has 1 aliphatic heterocycles. The van der Waals surface area contributed by atoms with Crippen molar-refractivity contribution in [2.24, 2.45) is 0 Å². The molecule has 0 amide bonds. The van der Waals surface area contributed by atoms with E-state index in [1.807, 2.05) is 12.1 Å². The van der Waals surface area contributed by atoms with Crippen LogP contribution in [0.4, 0.5) is 11.5 Å². The number of anilines is 2. The maximum absolute atomic E-state index is 5.65. The number of aromatic nitrogens is 1. The molecule has 0 aromatic carbocycles. The van der Waals surface area contributed by atoms with Gasteiger partial charge >= 0.3 is 0 Å². The summed E-state index contributed by atoms with van der Waals surface area (Å²) in [6.45, 7) is 3.58. The molecule has 5 heteroatoms. The predicted octanol–water partition coefficient (Wildman–Crippen LogP) is 0.406. The number of nitrogen functional groups attached to an aromatic ring is 1. The van der Waals surface area contributed by atoms with E-state index in [0.29, 0.717) is 5.82 Å². The molecule has 1 unspecified atom stereocenters. The quantitative estimate of drug-likeness (QED) is 0.775. The molecule has 5 nitrogen and oxygen atoms in total. The lowest BCUT2D eigenvalue weighted by Gasteiger charge is -2.30. The molecule has 1 aliphatic rings. The average molecular weight is 222 g/mol. The van der Waals surface area contributed by atoms with Crippen LogP contribution in [0.5, 0.6) is 0 Å². The minimum atomic E-state index is 0.244. The summed E-state index contributed by atoms with van der Waals surface area (Å²) >= 11 is 0. The molecule has 1 saturated heterocycles. The van der Waals surface area contributed by atoms with Crippen molar-refractivity contribution in [2.75, 3.05) is 44.3 Å². The second kappa shape index (κ2) is 5.14. The van der Waals surface area contributed by atoms with Crippen LogP contribution in [-0.2, 0) is 4.74 Å². The summed E-state index contributed by atoms with van der Waals surface area (Å²) in [5.74, 6) is 0.534. The van der Waals surface area contributed by atoms with E-state index in [1.165, 1.54) is 0 Å². The van der Waals surface area contributed by atoms with Gasteiger partial charge < -0.3 is 20.7 Å². The van der Waals surface area contributed by atoms with Crippen LogP contribution < -0.4 is 11.1 Å². The van der Waals surface area contributed by atoms with Crippen molar-refractivity contribution < 1.29 is 4.74 Å². The minimum absolute atomic E-state index is 0.244. The maximum atomic E-state index is 5.65. The van der Waals surface area contributed by atoms with Crippen molar-refractivity contribution in [3.05, 3.63) is 18.3 Å². The molecule has 0 aliphatic carbocycles. The second-order valence-corrected chi connectivity index (χ2v) is 4.11. The monoisotopic (exact) mass is 222 g/mol. The summed E-state index contributed by atoms with van der Waals surface area (Å²) in [5, 5.41) is 3.30. The Kier molecular flexibility index (Phi) is 3.58. The molecule has 0 spiro atoms. The average Bonchev–Trinajstić information content (AvgIpc) is 2.27. The molecule has 16 heavy (non-hydrogen) atoms. The molecular weight excluding hydrogens is 204 g/mol. The van der Waals surface area contributed by atoms with E-state index in [-0.39, 0.29) is 6.10 Å². The van der Waals surface area contributed by atoms with Crippen molar-refractivity contribution in [2.45, 2.75) is 6.10 Å². The number of morpholine rings is 1. The van der Waals surface area contributed by atoms with Gasteiger partial charge in [0.25, 0.3) is 0 Å². The number of likely N-dealkylation sites (N-methyl/N-ethyl adjacent to an activating group) is 1. The van der Waals surface area contributed by atoms with Crippen molar-refractivity contribution in [1.29, 1.82) is 0 Å². The van der Waals surface area contributed by atoms with Gasteiger partial charge in [0, 0.05) is 37.6 Å². The van der Waals surface area contributed by atoms with E-state index < -0.39 is 0 Å². The Morgan fingerprint density at radius 3 is 3.31 bits per heavy atom. The van der Waals surface area contributed by atoms with Gasteiger partial charge in [0.05, 0.1) is 12.7 Å². The van der Waals surface area contributed by atoms with E-state index in [0.717, 1.165) is 31.9 Å². The Morgan fingerprint density at radius 2 is 2.56 bits per heavy atom. The van der Waals surface area contributed by atoms with Crippen LogP contribution in [0.15, 0.2) is 18.3 Å². The Morgan fingerprint density at radius 1 is 1.69 bits per heavy atom. The summed E-state index contributed by atoms with van der Waals surface area (Å²) in [5.41, 5.74) is 6.59. The Hall–Kier alpha value is -1.33. The minimum Gasteiger partial charge on any atom is -0.384 e. The van der Waals surface area contributed by atoms with Crippen molar-refractivity contribution in [3.63, 3.8) is 0 Å². The lowest BCUT2D eigenvalue weighted by Crippen LogP contribution is -2.43. The van der Waals surface area contributed by atoms with Gasteiger partial charge in [0.15, 0.2) is 0 Å². The molecule has 0 bridgehead atoms. The largest absolute Gasteiger partial charge is 0.384 e. The summed E-state index contributed by atoms with van der Waals surface area (Å²) in [4.78, 5) is 6.22. The lowest BCUT2D eigenvalue weighted by molar-refractivity contribution is -0.0117. The number of rotatable bonds is 3. The van der Waals surface area contributed by atoms with Gasteiger partial charge in [-0.2, -0.15) is 0 Å². The summed E-state index contributed by atoms with van der Waals surface area (Å²) in [6, 6.07) is 3.73. The Labute approximate surface area is 95.6 Å². The van der Waals surface area contributed by atoms with Crippen molar-refractivity contribution >= 4 is 11.5 Å². The third kappa shape index (κ3) is 3.08. The van der Waals surface area contributed by atoms with E-state index in [4.69, 9.17) is 10.5 Å². The second-order valence-electron chi connectivity index (χ2n) is 4.11. The van der Waals surface area contributed by atoms with Gasteiger partial charge in [0.2, 0.25) is 0 Å². The highest BCUT2D eigenvalue weighted by Gasteiger charge is 2.16. The Bertz CT molecular complexity index is 345. The van der Waals surface area contributed by atoms with E-state index in [9.17, 15) is 0 Å². The maximum Gasteiger partial charge on any atom is 0.125 e. The first-order valence-corrected chi connectivity index (χ1v) is 5.49. The van der Waals surface area contributed by atoms with Crippen LogP contribution in [0.1, 0.15) is 0 Å². The van der Waals surface area contributed by atoms with Crippen LogP contribution in [0.2, 0.25) is 0 Å². The first-order valence-electron chi connectivity index (χ1n) is 5.49. The number of pyridine rings is 1. The number of hydrogen-bond donors (Lipinski definition) is 2. The fourth-order valence-electron chi connectivity index (χ4n) is 1.78. The van der Waals surface area contributed by atoms with Gasteiger partial charge in [-0.1, -0.05) is 0 Å². The highest BCUT2D eigenvalue weighted by molar-refractivity contribution is 5.49. The molecule has 1 aromatic rings. The van der Waals surface area contributed by atoms with Gasteiger partial charge in [-0.15, -0.1) is 0 Å². The fraction of sp³-hybridized carbons (Fsp3) is 0.545. The highest BCUT2D eigenvalue weighted by atomic mass is 16.5. The van der Waals surface area contributed by atoms with Crippen molar-refractivity contribution in [1.82, 2.24) is 9.88 Å². The van der Waals surface area contributed by atoms with E-state index in [2.05, 4.69) is 22.2 Å². The van der Waals surface area contributed by atoms with E-state index >= 15 is 0 Å². The summed E-state index contributed by atoms with van der Waals surface area (Å²) < 4.78 is 5.65. The zero-order valence-corrected chi connectivity index (χ0v) is 9.52. The van der Waals surface area contributed by atoms with Crippen LogP contribution in [0.25, 0.3) is 0 Å². The van der Waals surface area contributed by atoms with E-state index in [1.54, 1.807) is 6.20 Å². The third-order valence-electron chi connectivity index (χ3n) is 2.66. The number of hydrogen-bond acceptors (Lipinski definition) is 5. The smallest absolute Gasteiger partial charge is 0.125 e. The van der Waals surface area contributed by atoms with Crippen LogP contribution in [0.3, 0.4) is 0 Å². The number of nitrogens with zero attached hydrogens (tertiary/aromatic N) is 2. The first kappa shape index (κ1) is 11.2.